The van der Waals surface area contributed by atoms with Gasteiger partial charge in [0.05, 0.1) is 16.7 Å². The fraction of sp³-hybridized carbons (Fsp3) is 0.886. The lowest BCUT2D eigenvalue weighted by Crippen LogP contribution is -2.46. The first kappa shape index (κ1) is 59.5. The summed E-state index contributed by atoms with van der Waals surface area (Å²) < 4.78 is 0.782. The van der Waals surface area contributed by atoms with Crippen LogP contribution in [0.2, 0.25) is 0 Å². The quantitative estimate of drug-likeness (QED) is 0.110. The number of Topliss-reactive ketones (excluding diaryl/α,β-unsaturated/α-hetero) is 1. The summed E-state index contributed by atoms with van der Waals surface area (Å²) in [6.45, 7) is 53.8. The summed E-state index contributed by atoms with van der Waals surface area (Å²) in [4.78, 5) is 53.6. The van der Waals surface area contributed by atoms with Crippen LogP contribution in [0.3, 0.4) is 0 Å². The minimum absolute atomic E-state index is 0.00843. The molecular weight excluding hydrogens is 779 g/mol. The number of ketones is 1. The molecule has 0 bridgehead atoms. The van der Waals surface area contributed by atoms with Gasteiger partial charge < -0.3 is 10.2 Å². The maximum Gasteiger partial charge on any atom is 0.261 e. The lowest BCUT2D eigenvalue weighted by Gasteiger charge is -2.31. The molecule has 1 saturated heterocycles. The van der Waals surface area contributed by atoms with E-state index in [2.05, 4.69) is 128 Å². The van der Waals surface area contributed by atoms with Crippen LogP contribution >= 0.6 is 45.1 Å². The van der Waals surface area contributed by atoms with Gasteiger partial charge in [-0.05, 0) is 46.8 Å². The predicted molar refractivity (Wildman–Crippen MR) is 254 cm³/mol. The largest absolute Gasteiger partial charge is 0.386 e. The SMILES string of the molecule is CC(C)(C)NC(=O)CON=C(C(C)(C)C)C(C)(C)C.CC(C)(C)SC1CC(=O)N(C(C)(C)C)C1=O.CC(C)(C)SSC(C)(C)C.CC(C)SCC(=O)C(C)(C)C. The molecular formula is C44H87N3O5S4. The van der Waals surface area contributed by atoms with Gasteiger partial charge in [-0.2, -0.15) is 11.8 Å². The van der Waals surface area contributed by atoms with Gasteiger partial charge in [0.2, 0.25) is 11.8 Å². The van der Waals surface area contributed by atoms with Gasteiger partial charge >= 0.3 is 0 Å². The molecule has 1 aliphatic heterocycles. The molecule has 56 heavy (non-hydrogen) atoms. The van der Waals surface area contributed by atoms with Crippen molar-refractivity contribution in [3.05, 3.63) is 0 Å². The Kier molecular flexibility index (Phi) is 24.7. The Balaban J connectivity index is -0.000000691. The van der Waals surface area contributed by atoms with Gasteiger partial charge in [0.1, 0.15) is 5.78 Å². The fourth-order valence-electron chi connectivity index (χ4n) is 4.55. The van der Waals surface area contributed by atoms with Crippen LogP contribution in [0.5, 0.6) is 0 Å². The average molecular weight is 866 g/mol. The molecule has 12 heteroatoms. The van der Waals surface area contributed by atoms with Crippen LogP contribution in [0.25, 0.3) is 0 Å². The minimum atomic E-state index is -0.401. The van der Waals surface area contributed by atoms with E-state index >= 15 is 0 Å². The zero-order valence-corrected chi connectivity index (χ0v) is 44.1. The Bertz CT molecular complexity index is 1230. The van der Waals surface area contributed by atoms with Crippen molar-refractivity contribution < 1.29 is 24.0 Å². The lowest BCUT2D eigenvalue weighted by molar-refractivity contribution is -0.143. The van der Waals surface area contributed by atoms with Gasteiger partial charge in [-0.15, -0.1) is 11.8 Å². The van der Waals surface area contributed by atoms with Gasteiger partial charge in [-0.1, -0.05) is 165 Å². The van der Waals surface area contributed by atoms with Crippen molar-refractivity contribution in [1.82, 2.24) is 10.2 Å². The second kappa shape index (κ2) is 23.2. The molecule has 332 valence electrons. The van der Waals surface area contributed by atoms with Crippen molar-refractivity contribution >= 4 is 74.3 Å². The third-order valence-corrected chi connectivity index (χ3v) is 13.3. The number of rotatable bonds is 8. The van der Waals surface area contributed by atoms with E-state index in [0.29, 0.717) is 32.7 Å². The summed E-state index contributed by atoms with van der Waals surface area (Å²) in [5, 5.41) is 7.38. The Morgan fingerprint density at radius 3 is 1.38 bits per heavy atom. The van der Waals surface area contributed by atoms with Crippen molar-refractivity contribution in [2.75, 3.05) is 12.4 Å². The number of hydrogen-bond donors (Lipinski definition) is 1. The number of nitrogens with one attached hydrogen (secondary N) is 1. The summed E-state index contributed by atoms with van der Waals surface area (Å²) in [7, 11) is 3.91. The molecule has 1 heterocycles. The number of carbonyl (C=O) groups is 4. The smallest absolute Gasteiger partial charge is 0.261 e. The van der Waals surface area contributed by atoms with Crippen LogP contribution < -0.4 is 5.32 Å². The third kappa shape index (κ3) is 32.1. The Labute approximate surface area is 362 Å². The van der Waals surface area contributed by atoms with E-state index in [-0.39, 0.29) is 56.1 Å². The number of carbonyl (C=O) groups excluding carboxylic acids is 4. The first-order chi connectivity index (χ1) is 24.3. The lowest BCUT2D eigenvalue weighted by atomic mass is 9.75. The summed E-state index contributed by atoms with van der Waals surface area (Å²) in [6, 6.07) is 0. The monoisotopic (exact) mass is 866 g/mol. The van der Waals surface area contributed by atoms with E-state index in [1.807, 2.05) is 83.9 Å². The van der Waals surface area contributed by atoms with Crippen LogP contribution in [0, 0.1) is 16.2 Å². The molecule has 0 radical (unpaired) electrons. The van der Waals surface area contributed by atoms with E-state index in [1.54, 1.807) is 23.5 Å². The highest BCUT2D eigenvalue weighted by Crippen LogP contribution is 2.42. The van der Waals surface area contributed by atoms with Crippen LogP contribution in [0.15, 0.2) is 5.16 Å². The van der Waals surface area contributed by atoms with Crippen molar-refractivity contribution in [2.45, 2.75) is 222 Å². The van der Waals surface area contributed by atoms with Crippen LogP contribution in [0.1, 0.15) is 186 Å². The number of oxime groups is 1. The maximum absolute atomic E-state index is 12.1. The summed E-state index contributed by atoms with van der Waals surface area (Å²) >= 11 is 3.30. The Hall–Kier alpha value is -0.850. The molecule has 1 N–H and O–H groups in total. The van der Waals surface area contributed by atoms with Gasteiger partial charge in [0, 0.05) is 48.0 Å². The second-order valence-electron chi connectivity index (χ2n) is 22.6. The maximum atomic E-state index is 12.1. The Morgan fingerprint density at radius 1 is 0.696 bits per heavy atom. The number of imide groups is 1. The molecule has 0 aliphatic carbocycles. The van der Waals surface area contributed by atoms with E-state index in [1.165, 1.54) is 4.90 Å². The van der Waals surface area contributed by atoms with Crippen LogP contribution in [-0.4, -0.2) is 82.3 Å². The first-order valence-corrected chi connectivity index (χ1v) is 24.0. The van der Waals surface area contributed by atoms with Gasteiger partial charge in [-0.25, -0.2) is 0 Å². The molecule has 0 saturated carbocycles. The molecule has 1 rings (SSSR count). The van der Waals surface area contributed by atoms with Crippen molar-refractivity contribution in [3.8, 4) is 0 Å². The minimum Gasteiger partial charge on any atom is -0.386 e. The highest BCUT2D eigenvalue weighted by Gasteiger charge is 2.45. The molecule has 1 unspecified atom stereocenters. The van der Waals surface area contributed by atoms with E-state index in [0.717, 1.165) is 5.71 Å². The van der Waals surface area contributed by atoms with Crippen LogP contribution in [-0.2, 0) is 24.0 Å². The predicted octanol–water partition coefficient (Wildman–Crippen LogP) is 12.5. The zero-order chi connectivity index (χ0) is 45.7. The van der Waals surface area contributed by atoms with Crippen molar-refractivity contribution in [3.63, 3.8) is 0 Å². The Morgan fingerprint density at radius 2 is 1.11 bits per heavy atom. The van der Waals surface area contributed by atoms with E-state index in [4.69, 9.17) is 4.84 Å². The molecule has 0 aromatic rings. The first-order valence-electron chi connectivity index (χ1n) is 19.9. The molecule has 0 aromatic heterocycles. The molecule has 0 aromatic carbocycles. The molecule has 1 fully saturated rings. The van der Waals surface area contributed by atoms with Gasteiger partial charge in [-0.3, -0.25) is 24.1 Å². The third-order valence-electron chi connectivity index (χ3n) is 6.48. The molecule has 1 atom stereocenters. The van der Waals surface area contributed by atoms with Gasteiger partial charge in [0.25, 0.3) is 5.91 Å². The second-order valence-corrected chi connectivity index (χ2v) is 30.0. The number of likely N-dealkylation sites (tertiary alicyclic amines) is 1. The fourth-order valence-corrected chi connectivity index (χ4v) is 8.75. The van der Waals surface area contributed by atoms with Gasteiger partial charge in [0.15, 0.2) is 6.61 Å². The number of hydrogen-bond acceptors (Lipinski definition) is 10. The molecule has 8 nitrogen and oxygen atoms in total. The number of nitrogens with zero attached hydrogens (tertiary/aromatic N) is 2. The molecule has 3 amide bonds. The van der Waals surface area contributed by atoms with Crippen molar-refractivity contribution in [2.24, 2.45) is 21.4 Å². The summed E-state index contributed by atoms with van der Waals surface area (Å²) in [5.74, 6) is 0.771. The summed E-state index contributed by atoms with van der Waals surface area (Å²) in [5.41, 5.74) is -0.0366. The van der Waals surface area contributed by atoms with Crippen LogP contribution in [0.4, 0.5) is 0 Å². The topological polar surface area (TPSA) is 105 Å². The standard InChI is InChI=1S/C15H30N2O2.C12H21NO2S.C9H18OS.C8H18S2/c1-13(2,3)12(14(4,5)6)17-19-10-11(18)16-15(7,8)9;1-11(2,3)13-9(14)7-8(10(13)15)16-12(4,5)6;1-7(2)11-6-8(10)9(3,4)5;1-7(2,3)9-10-8(4,5)6/h10H2,1-9H3,(H,16,18);8H,7H2,1-6H3;7H,6H2,1-5H3;1-6H3. The highest BCUT2D eigenvalue weighted by molar-refractivity contribution is 8.77. The summed E-state index contributed by atoms with van der Waals surface area (Å²) in [6.07, 6.45) is 0.345. The van der Waals surface area contributed by atoms with E-state index in [9.17, 15) is 19.2 Å². The van der Waals surface area contributed by atoms with E-state index < -0.39 is 5.54 Å². The average Bonchev–Trinajstić information content (AvgIpc) is 3.17. The molecule has 0 spiro atoms. The normalized spacial score (nSPS) is 15.8. The molecule has 1 aliphatic rings. The van der Waals surface area contributed by atoms with Crippen molar-refractivity contribution in [1.29, 1.82) is 0 Å². The number of amides is 3. The zero-order valence-electron chi connectivity index (χ0n) is 40.8. The number of thioether (sulfide) groups is 2. The highest BCUT2D eigenvalue weighted by atomic mass is 33.1.